The Morgan fingerprint density at radius 3 is 2.30 bits per heavy atom. The molecule has 0 aliphatic rings. The van der Waals surface area contributed by atoms with Crippen LogP contribution in [-0.2, 0) is 6.18 Å². The van der Waals surface area contributed by atoms with Crippen molar-refractivity contribution in [3.63, 3.8) is 0 Å². The molecule has 2 aromatic rings. The van der Waals surface area contributed by atoms with Crippen LogP contribution in [0.5, 0.6) is 0 Å². The predicted molar refractivity (Wildman–Crippen MR) is 94.5 cm³/mol. The first-order valence-electron chi connectivity index (χ1n) is 8.05. The molecule has 0 atom stereocenters. The molecule has 0 unspecified atom stereocenters. The number of carbonyl (C=O) groups is 2. The van der Waals surface area contributed by atoms with Crippen LogP contribution < -0.4 is 10.6 Å². The number of anilines is 1. The zero-order valence-corrected chi connectivity index (χ0v) is 14.8. The second-order valence-electron chi connectivity index (χ2n) is 6.00. The van der Waals surface area contributed by atoms with Gasteiger partial charge in [-0.3, -0.25) is 9.59 Å². The van der Waals surface area contributed by atoms with E-state index in [4.69, 9.17) is 0 Å². The lowest BCUT2D eigenvalue weighted by Gasteiger charge is -2.11. The number of hydrogen-bond donors (Lipinski definition) is 2. The summed E-state index contributed by atoms with van der Waals surface area (Å²) in [5, 5.41) is 5.03. The SMILES string of the molecule is CN(C)CCNC(=O)c1cccc(C(=O)Nc2cccc(C(F)(F)F)c2)n1. The van der Waals surface area contributed by atoms with Gasteiger partial charge in [0.15, 0.2) is 0 Å². The molecule has 1 heterocycles. The zero-order chi connectivity index (χ0) is 20.0. The number of likely N-dealkylation sites (N-methyl/N-ethyl adjacent to an activating group) is 1. The Balaban J connectivity index is 2.08. The number of rotatable bonds is 6. The van der Waals surface area contributed by atoms with E-state index in [1.54, 1.807) is 0 Å². The molecule has 0 saturated carbocycles. The van der Waals surface area contributed by atoms with Crippen molar-refractivity contribution >= 4 is 17.5 Å². The summed E-state index contributed by atoms with van der Waals surface area (Å²) in [6.45, 7) is 1.05. The van der Waals surface area contributed by atoms with Gasteiger partial charge in [-0.05, 0) is 44.4 Å². The fourth-order valence-corrected chi connectivity index (χ4v) is 2.14. The number of pyridine rings is 1. The predicted octanol–water partition coefficient (Wildman–Crippen LogP) is 2.64. The standard InChI is InChI=1S/C18H19F3N4O2/c1-25(2)10-9-22-16(26)14-7-4-8-15(24-14)17(27)23-13-6-3-5-12(11-13)18(19,20)21/h3-8,11H,9-10H2,1-2H3,(H,22,26)(H,23,27). The van der Waals surface area contributed by atoms with Crippen LogP contribution in [0.25, 0.3) is 0 Å². The van der Waals surface area contributed by atoms with Gasteiger partial charge in [0.25, 0.3) is 11.8 Å². The monoisotopic (exact) mass is 380 g/mol. The summed E-state index contributed by atoms with van der Waals surface area (Å²) < 4.78 is 38.2. The molecule has 0 radical (unpaired) electrons. The minimum absolute atomic E-state index is 0.0162. The highest BCUT2D eigenvalue weighted by molar-refractivity contribution is 6.03. The number of amides is 2. The normalized spacial score (nSPS) is 11.3. The number of aromatic nitrogens is 1. The van der Waals surface area contributed by atoms with Gasteiger partial charge in [-0.2, -0.15) is 13.2 Å². The maximum absolute atomic E-state index is 12.7. The summed E-state index contributed by atoms with van der Waals surface area (Å²) in [4.78, 5) is 30.2. The summed E-state index contributed by atoms with van der Waals surface area (Å²) >= 11 is 0. The fourth-order valence-electron chi connectivity index (χ4n) is 2.14. The van der Waals surface area contributed by atoms with Gasteiger partial charge < -0.3 is 15.5 Å². The third-order valence-corrected chi connectivity index (χ3v) is 3.51. The van der Waals surface area contributed by atoms with E-state index in [1.807, 2.05) is 19.0 Å². The Hall–Kier alpha value is -2.94. The van der Waals surface area contributed by atoms with Gasteiger partial charge in [0.2, 0.25) is 0 Å². The zero-order valence-electron chi connectivity index (χ0n) is 14.8. The molecule has 0 fully saturated rings. The first-order chi connectivity index (χ1) is 12.7. The van der Waals surface area contributed by atoms with Gasteiger partial charge in [-0.25, -0.2) is 4.98 Å². The summed E-state index contributed by atoms with van der Waals surface area (Å²) in [6.07, 6.45) is -4.51. The third kappa shape index (κ3) is 6.07. The molecule has 144 valence electrons. The molecule has 0 aliphatic carbocycles. The van der Waals surface area contributed by atoms with Crippen LogP contribution in [0.4, 0.5) is 18.9 Å². The molecule has 1 aromatic carbocycles. The van der Waals surface area contributed by atoms with E-state index in [1.165, 1.54) is 30.3 Å². The maximum Gasteiger partial charge on any atom is 0.416 e. The van der Waals surface area contributed by atoms with Crippen LogP contribution >= 0.6 is 0 Å². The number of halogens is 3. The van der Waals surface area contributed by atoms with Crippen LogP contribution in [0.3, 0.4) is 0 Å². The van der Waals surface area contributed by atoms with Crippen LogP contribution in [0.1, 0.15) is 26.5 Å². The Labute approximate surface area is 154 Å². The maximum atomic E-state index is 12.7. The highest BCUT2D eigenvalue weighted by Gasteiger charge is 2.30. The van der Waals surface area contributed by atoms with Crippen molar-refractivity contribution in [1.29, 1.82) is 0 Å². The van der Waals surface area contributed by atoms with Crippen molar-refractivity contribution in [1.82, 2.24) is 15.2 Å². The Morgan fingerprint density at radius 1 is 1.04 bits per heavy atom. The first kappa shape index (κ1) is 20.4. The molecule has 27 heavy (non-hydrogen) atoms. The van der Waals surface area contributed by atoms with E-state index < -0.39 is 23.6 Å². The van der Waals surface area contributed by atoms with E-state index in [0.717, 1.165) is 12.1 Å². The Bertz CT molecular complexity index is 822. The number of nitrogens with one attached hydrogen (secondary N) is 2. The topological polar surface area (TPSA) is 74.3 Å². The summed E-state index contributed by atoms with van der Waals surface area (Å²) in [5.41, 5.74) is -0.919. The smallest absolute Gasteiger partial charge is 0.349 e. The first-order valence-corrected chi connectivity index (χ1v) is 8.05. The molecule has 0 saturated heterocycles. The van der Waals surface area contributed by atoms with Crippen molar-refractivity contribution in [3.05, 3.63) is 59.4 Å². The van der Waals surface area contributed by atoms with E-state index >= 15 is 0 Å². The molecular formula is C18H19F3N4O2. The molecule has 0 aliphatic heterocycles. The minimum atomic E-state index is -4.51. The molecule has 6 nitrogen and oxygen atoms in total. The lowest BCUT2D eigenvalue weighted by molar-refractivity contribution is -0.137. The number of benzene rings is 1. The second kappa shape index (κ2) is 8.63. The fraction of sp³-hybridized carbons (Fsp3) is 0.278. The number of alkyl halides is 3. The van der Waals surface area contributed by atoms with E-state index in [-0.39, 0.29) is 17.1 Å². The Morgan fingerprint density at radius 2 is 1.67 bits per heavy atom. The van der Waals surface area contributed by atoms with Gasteiger partial charge in [0, 0.05) is 18.8 Å². The van der Waals surface area contributed by atoms with Gasteiger partial charge in [0.1, 0.15) is 11.4 Å². The number of carbonyl (C=O) groups excluding carboxylic acids is 2. The molecule has 2 amide bonds. The second-order valence-corrected chi connectivity index (χ2v) is 6.00. The van der Waals surface area contributed by atoms with E-state index in [9.17, 15) is 22.8 Å². The summed E-state index contributed by atoms with van der Waals surface area (Å²) in [5.74, 6) is -1.15. The van der Waals surface area contributed by atoms with Gasteiger partial charge in [0.05, 0.1) is 5.56 Å². The average Bonchev–Trinajstić information content (AvgIpc) is 2.61. The highest BCUT2D eigenvalue weighted by atomic mass is 19.4. The van der Waals surface area contributed by atoms with Gasteiger partial charge >= 0.3 is 6.18 Å². The quantitative estimate of drug-likeness (QED) is 0.808. The molecule has 2 rings (SSSR count). The van der Waals surface area contributed by atoms with Gasteiger partial charge in [-0.15, -0.1) is 0 Å². The molecular weight excluding hydrogens is 361 g/mol. The van der Waals surface area contributed by atoms with Crippen molar-refractivity contribution in [2.24, 2.45) is 0 Å². The van der Waals surface area contributed by atoms with Crippen LogP contribution in [0.2, 0.25) is 0 Å². The van der Waals surface area contributed by atoms with E-state index in [0.29, 0.717) is 13.1 Å². The third-order valence-electron chi connectivity index (χ3n) is 3.51. The molecule has 1 aromatic heterocycles. The molecule has 2 N–H and O–H groups in total. The highest BCUT2D eigenvalue weighted by Crippen LogP contribution is 2.30. The number of nitrogens with zero attached hydrogens (tertiary/aromatic N) is 2. The van der Waals surface area contributed by atoms with E-state index in [2.05, 4.69) is 15.6 Å². The van der Waals surface area contributed by atoms with Crippen molar-refractivity contribution in [2.75, 3.05) is 32.5 Å². The van der Waals surface area contributed by atoms with Crippen molar-refractivity contribution < 1.29 is 22.8 Å². The number of hydrogen-bond acceptors (Lipinski definition) is 4. The lowest BCUT2D eigenvalue weighted by atomic mass is 10.2. The van der Waals surface area contributed by atoms with Crippen molar-refractivity contribution in [2.45, 2.75) is 6.18 Å². The lowest BCUT2D eigenvalue weighted by Crippen LogP contribution is -2.32. The van der Waals surface area contributed by atoms with Crippen LogP contribution in [-0.4, -0.2) is 48.9 Å². The molecule has 0 spiro atoms. The minimum Gasteiger partial charge on any atom is -0.349 e. The Kier molecular flexibility index (Phi) is 6.51. The average molecular weight is 380 g/mol. The van der Waals surface area contributed by atoms with Crippen molar-refractivity contribution in [3.8, 4) is 0 Å². The molecule has 0 bridgehead atoms. The van der Waals surface area contributed by atoms with Gasteiger partial charge in [-0.1, -0.05) is 12.1 Å². The van der Waals surface area contributed by atoms with Crippen LogP contribution in [0, 0.1) is 0 Å². The molecule has 9 heteroatoms. The largest absolute Gasteiger partial charge is 0.416 e. The summed E-state index contributed by atoms with van der Waals surface area (Å²) in [6, 6.07) is 8.58. The summed E-state index contributed by atoms with van der Waals surface area (Å²) in [7, 11) is 3.73. The van der Waals surface area contributed by atoms with Crippen LogP contribution in [0.15, 0.2) is 42.5 Å².